The van der Waals surface area contributed by atoms with E-state index in [0.29, 0.717) is 6.54 Å². The Balaban J connectivity index is 0.00000361. The maximum absolute atomic E-state index is 4.58. The second-order valence-electron chi connectivity index (χ2n) is 4.96. The van der Waals surface area contributed by atoms with Gasteiger partial charge in [-0.15, -0.1) is 24.0 Å². The Hall–Kier alpha value is -0.440. The highest BCUT2D eigenvalue weighted by Gasteiger charge is 2.16. The molecule has 0 amide bonds. The molecule has 0 unspecified atom stereocenters. The highest BCUT2D eigenvalue weighted by Crippen LogP contribution is 2.19. The standard InChI is InChI=1S/C13H25N5S.HI/c1-6-14-12(16-10-13(2,3)19-5)15-9-11-7-8-17-18(11)4;/h7-8H,6,9-10H2,1-5H3,(H2,14,15,16);1H. The van der Waals surface area contributed by atoms with Gasteiger partial charge in [-0.2, -0.15) is 16.9 Å². The Bertz CT molecular complexity index is 417. The molecule has 0 radical (unpaired) electrons. The highest BCUT2D eigenvalue weighted by molar-refractivity contribution is 14.0. The highest BCUT2D eigenvalue weighted by atomic mass is 127. The van der Waals surface area contributed by atoms with Crippen LogP contribution in [0.3, 0.4) is 0 Å². The molecule has 0 aromatic carbocycles. The molecular formula is C13H26IN5S. The molecule has 0 saturated heterocycles. The molecule has 1 aromatic heterocycles. The molecule has 0 fully saturated rings. The zero-order chi connectivity index (χ0) is 14.3. The molecule has 2 N–H and O–H groups in total. The molecule has 116 valence electrons. The van der Waals surface area contributed by atoms with Crippen molar-refractivity contribution in [3.05, 3.63) is 18.0 Å². The van der Waals surface area contributed by atoms with Gasteiger partial charge in [0.2, 0.25) is 0 Å². The van der Waals surface area contributed by atoms with E-state index in [-0.39, 0.29) is 28.7 Å². The van der Waals surface area contributed by atoms with Gasteiger partial charge in [0.15, 0.2) is 5.96 Å². The van der Waals surface area contributed by atoms with Gasteiger partial charge in [0, 0.05) is 31.1 Å². The summed E-state index contributed by atoms with van der Waals surface area (Å²) in [6.45, 7) is 8.87. The Labute approximate surface area is 143 Å². The number of nitrogens with zero attached hydrogens (tertiary/aromatic N) is 3. The van der Waals surface area contributed by atoms with Crippen LogP contribution >= 0.6 is 35.7 Å². The summed E-state index contributed by atoms with van der Waals surface area (Å²) < 4.78 is 2.04. The SMILES string of the molecule is CCNC(=NCc1ccnn1C)NCC(C)(C)SC.I. The lowest BCUT2D eigenvalue weighted by molar-refractivity contribution is 0.661. The summed E-state index contributed by atoms with van der Waals surface area (Å²) in [5.41, 5.74) is 1.10. The number of guanidine groups is 1. The molecule has 1 rings (SSSR count). The van der Waals surface area contributed by atoms with E-state index >= 15 is 0 Å². The summed E-state index contributed by atoms with van der Waals surface area (Å²) in [6.07, 6.45) is 3.92. The molecule has 0 saturated carbocycles. The van der Waals surface area contributed by atoms with Crippen LogP contribution in [0.5, 0.6) is 0 Å². The molecule has 0 bridgehead atoms. The van der Waals surface area contributed by atoms with Gasteiger partial charge < -0.3 is 10.6 Å². The molecule has 20 heavy (non-hydrogen) atoms. The first-order valence-corrected chi connectivity index (χ1v) is 7.75. The maximum Gasteiger partial charge on any atom is 0.191 e. The Morgan fingerprint density at radius 1 is 1.45 bits per heavy atom. The van der Waals surface area contributed by atoms with Gasteiger partial charge in [-0.05, 0) is 33.1 Å². The zero-order valence-corrected chi connectivity index (χ0v) is 16.1. The van der Waals surface area contributed by atoms with Crippen molar-refractivity contribution in [3.63, 3.8) is 0 Å². The van der Waals surface area contributed by atoms with Gasteiger partial charge in [0.05, 0.1) is 12.2 Å². The van der Waals surface area contributed by atoms with Crippen molar-refractivity contribution in [2.75, 3.05) is 19.3 Å². The summed E-state index contributed by atoms with van der Waals surface area (Å²) in [4.78, 5) is 4.58. The summed E-state index contributed by atoms with van der Waals surface area (Å²) in [5.74, 6) is 0.853. The van der Waals surface area contributed by atoms with Crippen molar-refractivity contribution in [2.45, 2.75) is 32.1 Å². The number of rotatable bonds is 6. The first-order chi connectivity index (χ1) is 8.98. The lowest BCUT2D eigenvalue weighted by atomic mass is 10.2. The third-order valence-corrected chi connectivity index (χ3v) is 4.15. The third kappa shape index (κ3) is 6.83. The lowest BCUT2D eigenvalue weighted by Gasteiger charge is -2.23. The molecule has 0 atom stereocenters. The van der Waals surface area contributed by atoms with Crippen LogP contribution in [0, 0.1) is 0 Å². The molecular weight excluding hydrogens is 385 g/mol. The van der Waals surface area contributed by atoms with E-state index < -0.39 is 0 Å². The minimum atomic E-state index is 0. The Morgan fingerprint density at radius 2 is 2.15 bits per heavy atom. The molecule has 0 aliphatic rings. The van der Waals surface area contributed by atoms with E-state index in [2.05, 4.69) is 47.8 Å². The van der Waals surface area contributed by atoms with Crippen molar-refractivity contribution >= 4 is 41.7 Å². The zero-order valence-electron chi connectivity index (χ0n) is 12.9. The predicted octanol–water partition coefficient (Wildman–Crippen LogP) is 2.23. The van der Waals surface area contributed by atoms with E-state index in [9.17, 15) is 0 Å². The van der Waals surface area contributed by atoms with Crippen molar-refractivity contribution in [3.8, 4) is 0 Å². The average molecular weight is 411 g/mol. The largest absolute Gasteiger partial charge is 0.357 e. The van der Waals surface area contributed by atoms with Crippen LogP contribution in [0.2, 0.25) is 0 Å². The fourth-order valence-corrected chi connectivity index (χ4v) is 1.64. The number of hydrogen-bond donors (Lipinski definition) is 2. The molecule has 0 spiro atoms. The van der Waals surface area contributed by atoms with Gasteiger partial charge in [0.1, 0.15) is 0 Å². The van der Waals surface area contributed by atoms with E-state index in [4.69, 9.17) is 0 Å². The van der Waals surface area contributed by atoms with Gasteiger partial charge in [-0.3, -0.25) is 4.68 Å². The number of aliphatic imine (C=N–C) groups is 1. The van der Waals surface area contributed by atoms with Crippen molar-refractivity contribution in [1.29, 1.82) is 0 Å². The minimum absolute atomic E-state index is 0. The molecule has 7 heteroatoms. The molecule has 1 heterocycles. The fraction of sp³-hybridized carbons (Fsp3) is 0.692. The second kappa shape index (κ2) is 9.49. The van der Waals surface area contributed by atoms with Crippen molar-refractivity contribution in [1.82, 2.24) is 20.4 Å². The third-order valence-electron chi connectivity index (χ3n) is 2.90. The Kier molecular flexibility index (Phi) is 9.28. The number of aromatic nitrogens is 2. The lowest BCUT2D eigenvalue weighted by Crippen LogP contribution is -2.43. The van der Waals surface area contributed by atoms with E-state index in [1.807, 2.05) is 29.6 Å². The van der Waals surface area contributed by atoms with Crippen LogP contribution in [0.4, 0.5) is 0 Å². The van der Waals surface area contributed by atoms with Crippen LogP contribution in [0.25, 0.3) is 0 Å². The summed E-state index contributed by atoms with van der Waals surface area (Å²) in [7, 11) is 1.93. The van der Waals surface area contributed by atoms with Crippen LogP contribution < -0.4 is 10.6 Å². The minimum Gasteiger partial charge on any atom is -0.357 e. The molecule has 5 nitrogen and oxygen atoms in total. The van der Waals surface area contributed by atoms with Crippen molar-refractivity contribution < 1.29 is 0 Å². The topological polar surface area (TPSA) is 54.2 Å². The van der Waals surface area contributed by atoms with E-state index in [1.165, 1.54) is 0 Å². The molecule has 0 aliphatic carbocycles. The van der Waals surface area contributed by atoms with Gasteiger partial charge in [-0.25, -0.2) is 4.99 Å². The summed E-state index contributed by atoms with van der Waals surface area (Å²) in [6, 6.07) is 1.99. The number of halogens is 1. The van der Waals surface area contributed by atoms with Crippen LogP contribution in [0.1, 0.15) is 26.5 Å². The number of thioether (sulfide) groups is 1. The Morgan fingerprint density at radius 3 is 2.65 bits per heavy atom. The second-order valence-corrected chi connectivity index (χ2v) is 6.47. The van der Waals surface area contributed by atoms with Gasteiger partial charge in [-0.1, -0.05) is 0 Å². The molecule has 1 aromatic rings. The summed E-state index contributed by atoms with van der Waals surface area (Å²) >= 11 is 1.85. The first kappa shape index (κ1) is 19.6. The van der Waals surface area contributed by atoms with Crippen molar-refractivity contribution in [2.24, 2.45) is 12.0 Å². The number of hydrogen-bond acceptors (Lipinski definition) is 3. The van der Waals surface area contributed by atoms with Crippen LogP contribution in [0.15, 0.2) is 17.3 Å². The van der Waals surface area contributed by atoms with Crippen LogP contribution in [-0.2, 0) is 13.6 Å². The monoisotopic (exact) mass is 411 g/mol. The maximum atomic E-state index is 4.58. The van der Waals surface area contributed by atoms with Gasteiger partial charge in [0.25, 0.3) is 0 Å². The average Bonchev–Trinajstić information content (AvgIpc) is 2.78. The number of aryl methyl sites for hydroxylation is 1. The van der Waals surface area contributed by atoms with Gasteiger partial charge >= 0.3 is 0 Å². The smallest absolute Gasteiger partial charge is 0.191 e. The number of nitrogens with one attached hydrogen (secondary N) is 2. The van der Waals surface area contributed by atoms with Crippen LogP contribution in [-0.4, -0.2) is 39.8 Å². The van der Waals surface area contributed by atoms with E-state index in [0.717, 1.165) is 24.7 Å². The normalized spacial score (nSPS) is 11.9. The van der Waals surface area contributed by atoms with E-state index in [1.54, 1.807) is 6.20 Å². The molecule has 0 aliphatic heterocycles. The first-order valence-electron chi connectivity index (χ1n) is 6.52. The summed E-state index contributed by atoms with van der Waals surface area (Å²) in [5, 5.41) is 10.8. The predicted molar refractivity (Wildman–Crippen MR) is 99.0 cm³/mol. The quantitative estimate of drug-likeness (QED) is 0.428. The fourth-order valence-electron chi connectivity index (χ4n) is 1.43.